The second-order valence-corrected chi connectivity index (χ2v) is 5.75. The van der Waals surface area contributed by atoms with Gasteiger partial charge in [-0.15, -0.1) is 0 Å². The van der Waals surface area contributed by atoms with Gasteiger partial charge < -0.3 is 15.4 Å². The van der Waals surface area contributed by atoms with Crippen LogP contribution in [-0.4, -0.2) is 25.7 Å². The Bertz CT molecular complexity index is 468. The summed E-state index contributed by atoms with van der Waals surface area (Å²) in [6.07, 6.45) is 2.02. The first-order chi connectivity index (χ1) is 9.96. The summed E-state index contributed by atoms with van der Waals surface area (Å²) >= 11 is 0. The summed E-state index contributed by atoms with van der Waals surface area (Å²) in [6.45, 7) is 9.54. The fraction of sp³-hybridized carbons (Fsp3) is 0.588. The summed E-state index contributed by atoms with van der Waals surface area (Å²) in [6, 6.07) is 5.79. The maximum absolute atomic E-state index is 12.1. The monoisotopic (exact) mass is 292 g/mol. The second-order valence-electron chi connectivity index (χ2n) is 5.75. The maximum Gasteiger partial charge on any atom is 0.340 e. The Morgan fingerprint density at radius 2 is 1.90 bits per heavy atom. The summed E-state index contributed by atoms with van der Waals surface area (Å²) < 4.78 is 4.91. The van der Waals surface area contributed by atoms with E-state index in [-0.39, 0.29) is 5.97 Å². The van der Waals surface area contributed by atoms with Crippen LogP contribution in [0.3, 0.4) is 0 Å². The van der Waals surface area contributed by atoms with E-state index in [1.54, 1.807) is 12.1 Å². The topological polar surface area (TPSA) is 55.6 Å². The Hall–Kier alpha value is -1.71. The summed E-state index contributed by atoms with van der Waals surface area (Å²) in [5, 5.41) is 0. The predicted octanol–water partition coefficient (Wildman–Crippen LogP) is 3.71. The van der Waals surface area contributed by atoms with Gasteiger partial charge in [-0.1, -0.05) is 33.8 Å². The zero-order chi connectivity index (χ0) is 16.0. The molecule has 0 aliphatic rings. The third kappa shape index (κ3) is 4.13. The van der Waals surface area contributed by atoms with Crippen LogP contribution >= 0.6 is 0 Å². The molecule has 0 atom stereocenters. The Balaban J connectivity index is 3.38. The molecule has 1 rings (SSSR count). The number of nitrogens with two attached hydrogens (primary N) is 1. The number of benzene rings is 1. The highest BCUT2D eigenvalue weighted by molar-refractivity contribution is 5.99. The van der Waals surface area contributed by atoms with E-state index in [2.05, 4.69) is 32.6 Å². The molecule has 4 nitrogen and oxygen atoms in total. The third-order valence-corrected chi connectivity index (χ3v) is 3.70. The van der Waals surface area contributed by atoms with Crippen LogP contribution in [0.15, 0.2) is 18.2 Å². The molecular weight excluding hydrogens is 264 g/mol. The molecule has 118 valence electrons. The van der Waals surface area contributed by atoms with Gasteiger partial charge in [0, 0.05) is 12.6 Å². The molecule has 1 aromatic rings. The van der Waals surface area contributed by atoms with E-state index < -0.39 is 0 Å². The molecule has 2 N–H and O–H groups in total. The molecule has 0 amide bonds. The molecule has 0 aromatic heterocycles. The molecule has 0 fully saturated rings. The average molecular weight is 292 g/mol. The number of anilines is 2. The molecule has 0 saturated carbocycles. The highest BCUT2D eigenvalue weighted by Gasteiger charge is 2.24. The van der Waals surface area contributed by atoms with Gasteiger partial charge in [0.25, 0.3) is 0 Å². The molecule has 0 unspecified atom stereocenters. The minimum atomic E-state index is -0.336. The van der Waals surface area contributed by atoms with Crippen molar-refractivity contribution >= 4 is 17.3 Å². The molecule has 21 heavy (non-hydrogen) atoms. The van der Waals surface area contributed by atoms with E-state index >= 15 is 0 Å². The van der Waals surface area contributed by atoms with Crippen molar-refractivity contribution in [2.45, 2.75) is 46.6 Å². The van der Waals surface area contributed by atoms with Gasteiger partial charge in [-0.3, -0.25) is 0 Å². The first kappa shape index (κ1) is 17.3. The zero-order valence-corrected chi connectivity index (χ0v) is 13.8. The number of esters is 1. The van der Waals surface area contributed by atoms with Crippen molar-refractivity contribution in [3.8, 4) is 0 Å². The molecule has 0 heterocycles. The van der Waals surface area contributed by atoms with Crippen molar-refractivity contribution in [3.05, 3.63) is 23.8 Å². The van der Waals surface area contributed by atoms with E-state index in [9.17, 15) is 4.79 Å². The Kier molecular flexibility index (Phi) is 6.53. The van der Waals surface area contributed by atoms with Crippen LogP contribution in [-0.2, 0) is 4.74 Å². The van der Waals surface area contributed by atoms with Crippen LogP contribution in [0.1, 0.15) is 50.9 Å². The summed E-state index contributed by atoms with van der Waals surface area (Å²) in [5.41, 5.74) is 8.18. The SMILES string of the molecule is CCC(CC)N(CC(C)C)c1c(N)cccc1C(=O)OC. The molecular formula is C17H28N2O2. The van der Waals surface area contributed by atoms with Gasteiger partial charge in [0.05, 0.1) is 24.0 Å². The van der Waals surface area contributed by atoms with Gasteiger partial charge in [0.1, 0.15) is 0 Å². The first-order valence-corrected chi connectivity index (χ1v) is 7.69. The number of hydrogen-bond acceptors (Lipinski definition) is 4. The molecule has 0 radical (unpaired) electrons. The van der Waals surface area contributed by atoms with Gasteiger partial charge in [0.15, 0.2) is 0 Å². The number of rotatable bonds is 7. The van der Waals surface area contributed by atoms with E-state index in [1.165, 1.54) is 7.11 Å². The van der Waals surface area contributed by atoms with E-state index in [0.29, 0.717) is 23.2 Å². The minimum Gasteiger partial charge on any atom is -0.465 e. The number of hydrogen-bond donors (Lipinski definition) is 1. The molecule has 0 aliphatic carbocycles. The van der Waals surface area contributed by atoms with Crippen LogP contribution in [0, 0.1) is 5.92 Å². The standard InChI is InChI=1S/C17H28N2O2/c1-6-13(7-2)19(11-12(3)4)16-14(17(20)21-5)9-8-10-15(16)18/h8-10,12-13H,6-7,11,18H2,1-5H3. The van der Waals surface area contributed by atoms with Crippen molar-refractivity contribution in [1.29, 1.82) is 0 Å². The number of para-hydroxylation sites is 1. The Morgan fingerprint density at radius 3 is 2.38 bits per heavy atom. The lowest BCUT2D eigenvalue weighted by molar-refractivity contribution is 0.0601. The molecule has 1 aromatic carbocycles. The van der Waals surface area contributed by atoms with Gasteiger partial charge in [-0.25, -0.2) is 4.79 Å². The van der Waals surface area contributed by atoms with Crippen LogP contribution in [0.4, 0.5) is 11.4 Å². The fourth-order valence-corrected chi connectivity index (χ4v) is 2.70. The highest BCUT2D eigenvalue weighted by Crippen LogP contribution is 2.32. The highest BCUT2D eigenvalue weighted by atomic mass is 16.5. The van der Waals surface area contributed by atoms with Crippen molar-refractivity contribution in [2.24, 2.45) is 5.92 Å². The van der Waals surface area contributed by atoms with Crippen LogP contribution in [0.5, 0.6) is 0 Å². The normalized spacial score (nSPS) is 11.0. The van der Waals surface area contributed by atoms with E-state index in [1.807, 2.05) is 6.07 Å². The summed E-state index contributed by atoms with van der Waals surface area (Å²) in [4.78, 5) is 14.3. The van der Waals surface area contributed by atoms with Crippen molar-refractivity contribution in [2.75, 3.05) is 24.3 Å². The van der Waals surface area contributed by atoms with Gasteiger partial charge in [-0.2, -0.15) is 0 Å². The first-order valence-electron chi connectivity index (χ1n) is 7.69. The lowest BCUT2D eigenvalue weighted by atomic mass is 10.0. The van der Waals surface area contributed by atoms with Crippen molar-refractivity contribution < 1.29 is 9.53 Å². The minimum absolute atomic E-state index is 0.336. The number of nitrogens with zero attached hydrogens (tertiary/aromatic N) is 1. The molecule has 0 bridgehead atoms. The lowest BCUT2D eigenvalue weighted by Crippen LogP contribution is -2.39. The molecule has 4 heteroatoms. The predicted molar refractivity (Wildman–Crippen MR) is 88.7 cm³/mol. The average Bonchev–Trinajstić information content (AvgIpc) is 2.46. The molecule has 0 spiro atoms. The van der Waals surface area contributed by atoms with E-state index in [0.717, 1.165) is 25.1 Å². The smallest absolute Gasteiger partial charge is 0.340 e. The van der Waals surface area contributed by atoms with Gasteiger partial charge in [0.2, 0.25) is 0 Å². The largest absolute Gasteiger partial charge is 0.465 e. The van der Waals surface area contributed by atoms with Gasteiger partial charge >= 0.3 is 5.97 Å². The van der Waals surface area contributed by atoms with Crippen LogP contribution in [0.25, 0.3) is 0 Å². The van der Waals surface area contributed by atoms with Gasteiger partial charge in [-0.05, 0) is 30.9 Å². The zero-order valence-electron chi connectivity index (χ0n) is 13.8. The maximum atomic E-state index is 12.1. The number of methoxy groups -OCH3 is 1. The number of nitrogen functional groups attached to an aromatic ring is 1. The Labute approximate surface area is 128 Å². The second kappa shape index (κ2) is 7.91. The third-order valence-electron chi connectivity index (χ3n) is 3.70. The number of carbonyl (C=O) groups is 1. The molecule has 0 aliphatic heterocycles. The Morgan fingerprint density at radius 1 is 1.29 bits per heavy atom. The summed E-state index contributed by atoms with van der Waals surface area (Å²) in [7, 11) is 1.40. The summed E-state index contributed by atoms with van der Waals surface area (Å²) in [5.74, 6) is 0.146. The van der Waals surface area contributed by atoms with Crippen LogP contribution < -0.4 is 10.6 Å². The van der Waals surface area contributed by atoms with Crippen molar-refractivity contribution in [3.63, 3.8) is 0 Å². The molecule has 0 saturated heterocycles. The van der Waals surface area contributed by atoms with Crippen molar-refractivity contribution in [1.82, 2.24) is 0 Å². The number of ether oxygens (including phenoxy) is 1. The number of carbonyl (C=O) groups excluding carboxylic acids is 1. The fourth-order valence-electron chi connectivity index (χ4n) is 2.70. The quantitative estimate of drug-likeness (QED) is 0.615. The van der Waals surface area contributed by atoms with Crippen LogP contribution in [0.2, 0.25) is 0 Å². The van der Waals surface area contributed by atoms with E-state index in [4.69, 9.17) is 10.5 Å². The lowest BCUT2D eigenvalue weighted by Gasteiger charge is -2.36.